The molecule has 0 bridgehead atoms. The van der Waals surface area contributed by atoms with E-state index in [0.717, 1.165) is 34.5 Å². The first-order valence-corrected chi connectivity index (χ1v) is 13.2. The molecule has 3 aromatic carbocycles. The van der Waals surface area contributed by atoms with Crippen LogP contribution in [0.5, 0.6) is 0 Å². The third-order valence-corrected chi connectivity index (χ3v) is 7.52. The molecule has 1 aliphatic rings. The van der Waals surface area contributed by atoms with Crippen molar-refractivity contribution in [3.63, 3.8) is 0 Å². The van der Waals surface area contributed by atoms with Gasteiger partial charge in [-0.2, -0.15) is 0 Å². The summed E-state index contributed by atoms with van der Waals surface area (Å²) in [4.78, 5) is 43.6. The number of methoxy groups -OCH3 is 1. The molecule has 5 rings (SSSR count). The average molecular weight is 540 g/mol. The summed E-state index contributed by atoms with van der Waals surface area (Å²) in [6.07, 6.45) is 0. The fourth-order valence-corrected chi connectivity index (χ4v) is 5.34. The van der Waals surface area contributed by atoms with Crippen LogP contribution in [0.1, 0.15) is 33.1 Å². The van der Waals surface area contributed by atoms with Gasteiger partial charge in [0.2, 0.25) is 0 Å². The number of piperazine rings is 1. The summed E-state index contributed by atoms with van der Waals surface area (Å²) in [5, 5.41) is 0. The molecule has 0 unspecified atom stereocenters. The van der Waals surface area contributed by atoms with Crippen LogP contribution < -0.4 is 21.9 Å². The molecule has 0 radical (unpaired) electrons. The third kappa shape index (κ3) is 5.28. The van der Waals surface area contributed by atoms with Gasteiger partial charge < -0.3 is 15.4 Å². The number of hydrogen-bond donors (Lipinski definition) is 1. The standard InChI is InChI=1S/C31H33N5O4/c1-33-29(37)26(28(32)36(31(33)39)21-22-9-5-3-6-10-22)27(23-13-15-24(16-14-23)30(38)40-2)35-19-17-34(18-20-35)25-11-7-4-8-12-25/h3-16,27H,17-21,32H2,1-2H3/t27-/m1/s1. The van der Waals surface area contributed by atoms with Crippen LogP contribution in [0.4, 0.5) is 11.5 Å². The molecule has 40 heavy (non-hydrogen) atoms. The van der Waals surface area contributed by atoms with Crippen molar-refractivity contribution >= 4 is 17.5 Å². The second-order valence-electron chi connectivity index (χ2n) is 9.89. The van der Waals surface area contributed by atoms with E-state index in [0.29, 0.717) is 24.2 Å². The number of benzene rings is 3. The number of nitrogens with zero attached hydrogens (tertiary/aromatic N) is 4. The van der Waals surface area contributed by atoms with Crippen molar-refractivity contribution in [3.05, 3.63) is 128 Å². The van der Waals surface area contributed by atoms with Gasteiger partial charge in [-0.25, -0.2) is 9.59 Å². The Hall–Kier alpha value is -4.63. The van der Waals surface area contributed by atoms with Crippen LogP contribution in [0.15, 0.2) is 94.5 Å². The Balaban J connectivity index is 1.59. The van der Waals surface area contributed by atoms with E-state index >= 15 is 0 Å². The summed E-state index contributed by atoms with van der Waals surface area (Å²) >= 11 is 0. The zero-order valence-corrected chi connectivity index (χ0v) is 22.7. The van der Waals surface area contributed by atoms with Crippen molar-refractivity contribution in [2.24, 2.45) is 7.05 Å². The zero-order valence-electron chi connectivity index (χ0n) is 22.7. The van der Waals surface area contributed by atoms with Gasteiger partial charge in [-0.05, 0) is 35.4 Å². The van der Waals surface area contributed by atoms with Gasteiger partial charge in [0, 0.05) is 38.9 Å². The van der Waals surface area contributed by atoms with E-state index in [-0.39, 0.29) is 12.4 Å². The third-order valence-electron chi connectivity index (χ3n) is 7.52. The molecule has 1 saturated heterocycles. The van der Waals surface area contributed by atoms with E-state index < -0.39 is 23.3 Å². The van der Waals surface area contributed by atoms with Crippen molar-refractivity contribution in [1.82, 2.24) is 14.0 Å². The van der Waals surface area contributed by atoms with E-state index in [1.165, 1.54) is 18.7 Å². The highest BCUT2D eigenvalue weighted by Gasteiger charge is 2.32. The lowest BCUT2D eigenvalue weighted by Gasteiger charge is -2.40. The predicted octanol–water partition coefficient (Wildman–Crippen LogP) is 2.88. The Labute approximate surface area is 232 Å². The summed E-state index contributed by atoms with van der Waals surface area (Å²) in [6, 6.07) is 26.3. The summed E-state index contributed by atoms with van der Waals surface area (Å²) < 4.78 is 7.45. The summed E-state index contributed by atoms with van der Waals surface area (Å²) in [5.41, 5.74) is 9.40. The lowest BCUT2D eigenvalue weighted by atomic mass is 9.96. The highest BCUT2D eigenvalue weighted by Crippen LogP contribution is 2.32. The molecular formula is C31H33N5O4. The molecule has 9 heteroatoms. The van der Waals surface area contributed by atoms with Crippen LogP contribution in [0.25, 0.3) is 0 Å². The molecule has 1 atom stereocenters. The van der Waals surface area contributed by atoms with Gasteiger partial charge in [0.25, 0.3) is 5.56 Å². The Morgan fingerprint density at radius 2 is 1.48 bits per heavy atom. The number of anilines is 2. The number of ether oxygens (including phenoxy) is 1. The number of carbonyl (C=O) groups excluding carboxylic acids is 1. The normalized spacial score (nSPS) is 14.6. The second-order valence-corrected chi connectivity index (χ2v) is 9.89. The largest absolute Gasteiger partial charge is 0.465 e. The minimum Gasteiger partial charge on any atom is -0.465 e. The predicted molar refractivity (Wildman–Crippen MR) is 156 cm³/mol. The lowest BCUT2D eigenvalue weighted by molar-refractivity contribution is 0.0600. The number of nitrogens with two attached hydrogens (primary N) is 1. The van der Waals surface area contributed by atoms with Crippen LogP contribution in [0.3, 0.4) is 0 Å². The van der Waals surface area contributed by atoms with Gasteiger partial charge in [0.05, 0.1) is 30.8 Å². The van der Waals surface area contributed by atoms with Gasteiger partial charge in [-0.1, -0.05) is 60.7 Å². The van der Waals surface area contributed by atoms with Crippen LogP contribution in [-0.2, 0) is 18.3 Å². The van der Waals surface area contributed by atoms with Crippen LogP contribution in [-0.4, -0.2) is 53.3 Å². The Morgan fingerprint density at radius 3 is 2.08 bits per heavy atom. The van der Waals surface area contributed by atoms with Crippen molar-refractivity contribution < 1.29 is 9.53 Å². The van der Waals surface area contributed by atoms with E-state index in [2.05, 4.69) is 21.9 Å². The fraction of sp³-hybridized carbons (Fsp3) is 0.258. The molecule has 1 aliphatic heterocycles. The first-order chi connectivity index (χ1) is 19.4. The molecule has 0 saturated carbocycles. The lowest BCUT2D eigenvalue weighted by Crippen LogP contribution is -2.50. The Morgan fingerprint density at radius 1 is 0.875 bits per heavy atom. The maximum absolute atomic E-state index is 13.7. The fourth-order valence-electron chi connectivity index (χ4n) is 5.34. The minimum atomic E-state index is -0.522. The van der Waals surface area contributed by atoms with E-state index in [9.17, 15) is 14.4 Å². The second kappa shape index (κ2) is 11.6. The van der Waals surface area contributed by atoms with Gasteiger partial charge >= 0.3 is 11.7 Å². The molecule has 4 aromatic rings. The van der Waals surface area contributed by atoms with Crippen LogP contribution >= 0.6 is 0 Å². The first kappa shape index (κ1) is 27.0. The van der Waals surface area contributed by atoms with Crippen molar-refractivity contribution in [3.8, 4) is 0 Å². The molecule has 0 spiro atoms. The Kier molecular flexibility index (Phi) is 7.84. The Bertz CT molecular complexity index is 1590. The SMILES string of the molecule is COC(=O)c1ccc([C@H](c2c(N)n(Cc3ccccc3)c(=O)n(C)c2=O)N2CCN(c3ccccc3)CC2)cc1. The number of nitrogen functional groups attached to an aromatic ring is 1. The molecule has 9 nitrogen and oxygen atoms in total. The summed E-state index contributed by atoms with van der Waals surface area (Å²) in [7, 11) is 2.82. The molecule has 1 fully saturated rings. The minimum absolute atomic E-state index is 0.143. The number of carbonyl (C=O) groups is 1. The molecular weight excluding hydrogens is 506 g/mol. The molecule has 206 valence electrons. The summed E-state index contributed by atoms with van der Waals surface area (Å²) in [6.45, 7) is 3.08. The van der Waals surface area contributed by atoms with Crippen molar-refractivity contribution in [2.75, 3.05) is 43.9 Å². The molecule has 1 aromatic heterocycles. The number of para-hydroxylation sites is 1. The van der Waals surface area contributed by atoms with Crippen LogP contribution in [0, 0.1) is 0 Å². The van der Waals surface area contributed by atoms with E-state index in [4.69, 9.17) is 10.5 Å². The smallest absolute Gasteiger partial charge is 0.337 e. The topological polar surface area (TPSA) is 103 Å². The zero-order chi connectivity index (χ0) is 28.2. The molecule has 0 aliphatic carbocycles. The number of hydrogen-bond acceptors (Lipinski definition) is 7. The number of rotatable bonds is 7. The number of aromatic nitrogens is 2. The van der Waals surface area contributed by atoms with Gasteiger partial charge in [0.1, 0.15) is 5.82 Å². The van der Waals surface area contributed by atoms with E-state index in [1.807, 2.05) is 60.7 Å². The highest BCUT2D eigenvalue weighted by molar-refractivity contribution is 5.89. The monoisotopic (exact) mass is 539 g/mol. The maximum Gasteiger partial charge on any atom is 0.337 e. The molecule has 2 heterocycles. The number of esters is 1. The first-order valence-electron chi connectivity index (χ1n) is 13.2. The quantitative estimate of drug-likeness (QED) is 0.360. The van der Waals surface area contributed by atoms with Gasteiger partial charge in [-0.15, -0.1) is 0 Å². The van der Waals surface area contributed by atoms with Gasteiger partial charge in [0.15, 0.2) is 0 Å². The molecule has 2 N–H and O–H groups in total. The summed E-state index contributed by atoms with van der Waals surface area (Å²) in [5.74, 6) is -0.295. The highest BCUT2D eigenvalue weighted by atomic mass is 16.5. The van der Waals surface area contributed by atoms with Gasteiger partial charge in [-0.3, -0.25) is 18.8 Å². The van der Waals surface area contributed by atoms with Crippen molar-refractivity contribution in [2.45, 2.75) is 12.6 Å². The molecule has 0 amide bonds. The van der Waals surface area contributed by atoms with Crippen LogP contribution in [0.2, 0.25) is 0 Å². The average Bonchev–Trinajstić information content (AvgIpc) is 3.01. The van der Waals surface area contributed by atoms with Crippen molar-refractivity contribution in [1.29, 1.82) is 0 Å². The van der Waals surface area contributed by atoms with E-state index in [1.54, 1.807) is 12.1 Å². The maximum atomic E-state index is 13.7.